The lowest BCUT2D eigenvalue weighted by Gasteiger charge is -2.32. The van der Waals surface area contributed by atoms with E-state index in [4.69, 9.17) is 10.5 Å². The Morgan fingerprint density at radius 3 is 3.00 bits per heavy atom. The normalized spacial score (nSPS) is 20.0. The molecule has 2 heteroatoms. The van der Waals surface area contributed by atoms with E-state index in [-0.39, 0.29) is 0 Å². The average Bonchev–Trinajstić information content (AvgIpc) is 2.26. The van der Waals surface area contributed by atoms with Crippen LogP contribution in [0.15, 0.2) is 24.3 Å². The van der Waals surface area contributed by atoms with E-state index in [1.54, 1.807) is 7.11 Å². The molecule has 1 aromatic rings. The Bertz CT molecular complexity index is 337. The van der Waals surface area contributed by atoms with Gasteiger partial charge in [0.25, 0.3) is 0 Å². The van der Waals surface area contributed by atoms with Crippen molar-refractivity contribution in [2.45, 2.75) is 37.6 Å². The molecule has 1 aliphatic rings. The second-order valence-corrected chi connectivity index (χ2v) is 4.73. The topological polar surface area (TPSA) is 35.2 Å². The predicted octanol–water partition coefficient (Wildman–Crippen LogP) is 2.47. The number of hydrogen-bond donors (Lipinski definition) is 1. The third-order valence-corrected chi connectivity index (χ3v) is 3.47. The lowest BCUT2D eigenvalue weighted by molar-refractivity contribution is 0.189. The molecule has 0 amide bonds. The number of nitrogens with two attached hydrogens (primary N) is 1. The Balaban J connectivity index is 1.76. The maximum atomic E-state index is 6.13. The quantitative estimate of drug-likeness (QED) is 0.746. The van der Waals surface area contributed by atoms with Gasteiger partial charge in [0.2, 0.25) is 0 Å². The highest BCUT2D eigenvalue weighted by Gasteiger charge is 2.26. The number of benzene rings is 1. The summed E-state index contributed by atoms with van der Waals surface area (Å²) in [5, 5.41) is 0. The molecule has 0 fully saturated rings. The fourth-order valence-electron chi connectivity index (χ4n) is 2.55. The van der Waals surface area contributed by atoms with Gasteiger partial charge in [-0.1, -0.05) is 24.3 Å². The largest absolute Gasteiger partial charge is 0.385 e. The fraction of sp³-hybridized carbons (Fsp3) is 0.571. The number of fused-ring (bicyclic) bond motifs is 1. The van der Waals surface area contributed by atoms with Crippen LogP contribution in [-0.4, -0.2) is 19.8 Å². The van der Waals surface area contributed by atoms with Crippen molar-refractivity contribution in [2.24, 2.45) is 5.73 Å². The van der Waals surface area contributed by atoms with Crippen molar-refractivity contribution >= 4 is 0 Å². The van der Waals surface area contributed by atoms with Crippen LogP contribution in [0.1, 0.15) is 36.3 Å². The standard InChI is InChI=1S/C14H21NO/c1-16-8-4-6-13(15)10-12-9-11-5-2-3-7-14(11)12/h2-3,5,7,12-13H,4,6,8-10,15H2,1H3. The van der Waals surface area contributed by atoms with Crippen LogP contribution in [0.2, 0.25) is 0 Å². The first-order chi connectivity index (χ1) is 7.81. The molecular formula is C14H21NO. The molecule has 2 unspecified atom stereocenters. The molecule has 0 aliphatic heterocycles. The van der Waals surface area contributed by atoms with Crippen LogP contribution in [0.3, 0.4) is 0 Å². The molecule has 2 nitrogen and oxygen atoms in total. The van der Waals surface area contributed by atoms with E-state index in [9.17, 15) is 0 Å². The van der Waals surface area contributed by atoms with Gasteiger partial charge in [0, 0.05) is 19.8 Å². The predicted molar refractivity (Wildman–Crippen MR) is 66.6 cm³/mol. The summed E-state index contributed by atoms with van der Waals surface area (Å²) in [6, 6.07) is 9.04. The molecule has 0 aromatic heterocycles. The zero-order chi connectivity index (χ0) is 11.4. The van der Waals surface area contributed by atoms with Crippen molar-refractivity contribution < 1.29 is 4.74 Å². The highest BCUT2D eigenvalue weighted by Crippen LogP contribution is 2.38. The van der Waals surface area contributed by atoms with Crippen LogP contribution in [-0.2, 0) is 11.2 Å². The number of hydrogen-bond acceptors (Lipinski definition) is 2. The smallest absolute Gasteiger partial charge is 0.0462 e. The molecule has 1 aliphatic carbocycles. The van der Waals surface area contributed by atoms with Gasteiger partial charge in [-0.3, -0.25) is 0 Å². The van der Waals surface area contributed by atoms with Crippen LogP contribution in [0, 0.1) is 0 Å². The second-order valence-electron chi connectivity index (χ2n) is 4.73. The molecule has 0 saturated heterocycles. The molecule has 0 heterocycles. The lowest BCUT2D eigenvalue weighted by atomic mass is 9.74. The first-order valence-electron chi connectivity index (χ1n) is 6.13. The molecule has 2 N–H and O–H groups in total. The Morgan fingerprint density at radius 1 is 1.44 bits per heavy atom. The van der Waals surface area contributed by atoms with Gasteiger partial charge in [-0.2, -0.15) is 0 Å². The van der Waals surface area contributed by atoms with Gasteiger partial charge in [0.05, 0.1) is 0 Å². The van der Waals surface area contributed by atoms with Gasteiger partial charge in [-0.25, -0.2) is 0 Å². The van der Waals surface area contributed by atoms with Crippen molar-refractivity contribution in [1.29, 1.82) is 0 Å². The van der Waals surface area contributed by atoms with Crippen molar-refractivity contribution in [3.05, 3.63) is 35.4 Å². The zero-order valence-corrected chi connectivity index (χ0v) is 9.99. The lowest BCUT2D eigenvalue weighted by Crippen LogP contribution is -2.28. The molecule has 2 rings (SSSR count). The minimum atomic E-state index is 0.327. The van der Waals surface area contributed by atoms with Gasteiger partial charge in [0.15, 0.2) is 0 Å². The minimum Gasteiger partial charge on any atom is -0.385 e. The summed E-state index contributed by atoms with van der Waals surface area (Å²) in [6.45, 7) is 0.828. The molecular weight excluding hydrogens is 198 g/mol. The summed E-state index contributed by atoms with van der Waals surface area (Å²) in [4.78, 5) is 0. The minimum absolute atomic E-state index is 0.327. The highest BCUT2D eigenvalue weighted by molar-refractivity contribution is 5.39. The summed E-state index contributed by atoms with van der Waals surface area (Å²) in [6.07, 6.45) is 4.49. The van der Waals surface area contributed by atoms with Gasteiger partial charge < -0.3 is 10.5 Å². The highest BCUT2D eigenvalue weighted by atomic mass is 16.5. The van der Waals surface area contributed by atoms with Crippen molar-refractivity contribution in [3.63, 3.8) is 0 Å². The number of rotatable bonds is 6. The van der Waals surface area contributed by atoms with Crippen LogP contribution in [0.4, 0.5) is 0 Å². The Labute approximate surface area is 97.8 Å². The van der Waals surface area contributed by atoms with Crippen LogP contribution in [0.5, 0.6) is 0 Å². The molecule has 88 valence electrons. The molecule has 2 atom stereocenters. The van der Waals surface area contributed by atoms with E-state index < -0.39 is 0 Å². The van der Waals surface area contributed by atoms with Gasteiger partial charge >= 0.3 is 0 Å². The van der Waals surface area contributed by atoms with Crippen molar-refractivity contribution in [1.82, 2.24) is 0 Å². The summed E-state index contributed by atoms with van der Waals surface area (Å²) < 4.78 is 5.04. The summed E-state index contributed by atoms with van der Waals surface area (Å²) in [5.74, 6) is 0.703. The maximum Gasteiger partial charge on any atom is 0.0462 e. The van der Waals surface area contributed by atoms with Crippen LogP contribution >= 0.6 is 0 Å². The van der Waals surface area contributed by atoms with Crippen LogP contribution in [0.25, 0.3) is 0 Å². The average molecular weight is 219 g/mol. The molecule has 0 spiro atoms. The Kier molecular flexibility index (Phi) is 3.97. The molecule has 1 aromatic carbocycles. The van der Waals surface area contributed by atoms with E-state index in [2.05, 4.69) is 24.3 Å². The third kappa shape index (κ3) is 2.63. The maximum absolute atomic E-state index is 6.13. The van der Waals surface area contributed by atoms with Gasteiger partial charge in [-0.05, 0) is 42.7 Å². The summed E-state index contributed by atoms with van der Waals surface area (Å²) >= 11 is 0. The van der Waals surface area contributed by atoms with Gasteiger partial charge in [-0.15, -0.1) is 0 Å². The molecule has 0 bridgehead atoms. The zero-order valence-electron chi connectivity index (χ0n) is 9.99. The first-order valence-corrected chi connectivity index (χ1v) is 6.13. The monoisotopic (exact) mass is 219 g/mol. The Morgan fingerprint density at radius 2 is 2.25 bits per heavy atom. The van der Waals surface area contributed by atoms with E-state index in [1.807, 2.05) is 0 Å². The third-order valence-electron chi connectivity index (χ3n) is 3.47. The van der Waals surface area contributed by atoms with E-state index >= 15 is 0 Å². The fourth-order valence-corrected chi connectivity index (χ4v) is 2.55. The summed E-state index contributed by atoms with van der Waals surface area (Å²) in [5.41, 5.74) is 9.16. The van der Waals surface area contributed by atoms with Crippen molar-refractivity contribution in [3.8, 4) is 0 Å². The van der Waals surface area contributed by atoms with Gasteiger partial charge in [0.1, 0.15) is 0 Å². The van der Waals surface area contributed by atoms with Crippen LogP contribution < -0.4 is 5.73 Å². The molecule has 0 saturated carbocycles. The van der Waals surface area contributed by atoms with E-state index in [1.165, 1.54) is 17.5 Å². The van der Waals surface area contributed by atoms with E-state index in [0.29, 0.717) is 12.0 Å². The number of methoxy groups -OCH3 is 1. The Hall–Kier alpha value is -0.860. The molecule has 16 heavy (non-hydrogen) atoms. The number of ether oxygens (including phenoxy) is 1. The SMILES string of the molecule is COCCCC(N)CC1Cc2ccccc21. The molecule has 0 radical (unpaired) electrons. The van der Waals surface area contributed by atoms with E-state index in [0.717, 1.165) is 25.9 Å². The first kappa shape index (κ1) is 11.6. The second kappa shape index (κ2) is 5.46. The van der Waals surface area contributed by atoms with Crippen molar-refractivity contribution in [2.75, 3.05) is 13.7 Å². The summed E-state index contributed by atoms with van der Waals surface area (Å²) in [7, 11) is 1.74.